The molecule has 3 rings (SSSR count). The van der Waals surface area contributed by atoms with E-state index in [0.29, 0.717) is 30.2 Å². The Bertz CT molecular complexity index is 765. The molecule has 3 heterocycles. The molecule has 1 aromatic heterocycles. The summed E-state index contributed by atoms with van der Waals surface area (Å²) in [5, 5.41) is 9.05. The topological polar surface area (TPSA) is 89.8 Å². The lowest BCUT2D eigenvalue weighted by Crippen LogP contribution is -2.63. The van der Waals surface area contributed by atoms with Crippen molar-refractivity contribution in [3.63, 3.8) is 0 Å². The molecule has 1 aromatic rings. The van der Waals surface area contributed by atoms with Crippen molar-refractivity contribution in [2.24, 2.45) is 0 Å². The van der Waals surface area contributed by atoms with Crippen LogP contribution in [0.4, 0.5) is 16.3 Å². The van der Waals surface area contributed by atoms with Crippen LogP contribution >= 0.6 is 0 Å². The van der Waals surface area contributed by atoms with E-state index in [9.17, 15) is 9.59 Å². The first-order valence-corrected chi connectivity index (χ1v) is 8.13. The normalized spacial score (nSPS) is 19.9. The van der Waals surface area contributed by atoms with E-state index in [4.69, 9.17) is 10.00 Å². The summed E-state index contributed by atoms with van der Waals surface area (Å²) in [4.78, 5) is 34.4. The molecular weight excluding hydrogens is 322 g/mol. The second kappa shape index (κ2) is 5.92. The fourth-order valence-electron chi connectivity index (χ4n) is 3.06. The molecule has 0 saturated carbocycles. The van der Waals surface area contributed by atoms with Crippen molar-refractivity contribution in [1.82, 2.24) is 9.88 Å². The molecule has 0 unspecified atom stereocenters. The summed E-state index contributed by atoms with van der Waals surface area (Å²) < 4.78 is 5.41. The summed E-state index contributed by atoms with van der Waals surface area (Å²) in [6.07, 6.45) is 1.08. The number of pyridine rings is 1. The van der Waals surface area contributed by atoms with Gasteiger partial charge in [-0.25, -0.2) is 9.78 Å². The number of aromatic nitrogens is 1. The molecule has 0 aliphatic carbocycles. The van der Waals surface area contributed by atoms with E-state index >= 15 is 0 Å². The number of nitriles is 1. The fourth-order valence-corrected chi connectivity index (χ4v) is 3.06. The van der Waals surface area contributed by atoms with Gasteiger partial charge in [-0.15, -0.1) is 0 Å². The van der Waals surface area contributed by atoms with Crippen LogP contribution in [0.15, 0.2) is 12.3 Å². The summed E-state index contributed by atoms with van der Waals surface area (Å²) in [6.45, 7) is 6.62. The molecule has 0 N–H and O–H groups in total. The predicted octanol–water partition coefficient (Wildman–Crippen LogP) is 1.36. The zero-order valence-corrected chi connectivity index (χ0v) is 14.8. The van der Waals surface area contributed by atoms with Gasteiger partial charge in [0.1, 0.15) is 17.7 Å². The van der Waals surface area contributed by atoms with Gasteiger partial charge in [0.2, 0.25) is 0 Å². The zero-order chi connectivity index (χ0) is 18.4. The van der Waals surface area contributed by atoms with Crippen LogP contribution in [-0.2, 0) is 9.53 Å². The van der Waals surface area contributed by atoms with Gasteiger partial charge >= 0.3 is 6.09 Å². The molecule has 0 spiro atoms. The predicted molar refractivity (Wildman–Crippen MR) is 91.3 cm³/mol. The van der Waals surface area contributed by atoms with Crippen molar-refractivity contribution >= 4 is 23.5 Å². The van der Waals surface area contributed by atoms with E-state index < -0.39 is 17.7 Å². The molecule has 1 atom stereocenters. The van der Waals surface area contributed by atoms with E-state index in [-0.39, 0.29) is 12.5 Å². The number of hydrogen-bond donors (Lipinski definition) is 0. The Kier molecular flexibility index (Phi) is 4.03. The van der Waals surface area contributed by atoms with E-state index in [2.05, 4.69) is 4.98 Å². The second-order valence-electron chi connectivity index (χ2n) is 7.21. The van der Waals surface area contributed by atoms with E-state index in [1.54, 1.807) is 18.0 Å². The summed E-state index contributed by atoms with van der Waals surface area (Å²) in [5.41, 5.74) is 0.443. The minimum absolute atomic E-state index is 0.127. The van der Waals surface area contributed by atoms with Crippen molar-refractivity contribution in [2.75, 3.05) is 36.5 Å². The summed E-state index contributed by atoms with van der Waals surface area (Å²) in [7, 11) is 1.66. The number of likely N-dealkylation sites (N-methyl/N-ethyl adjacent to an activating group) is 1. The van der Waals surface area contributed by atoms with E-state index in [1.165, 1.54) is 11.1 Å². The molecule has 2 amide bonds. The third kappa shape index (κ3) is 3.09. The number of carbonyl (C=O) groups is 2. The zero-order valence-electron chi connectivity index (χ0n) is 14.8. The van der Waals surface area contributed by atoms with Gasteiger partial charge in [-0.2, -0.15) is 5.26 Å². The number of piperazine rings is 1. The van der Waals surface area contributed by atoms with E-state index in [1.807, 2.05) is 31.7 Å². The number of amides is 2. The van der Waals surface area contributed by atoms with Crippen molar-refractivity contribution in [3.05, 3.63) is 17.8 Å². The van der Waals surface area contributed by atoms with Crippen molar-refractivity contribution in [2.45, 2.75) is 32.4 Å². The average molecular weight is 343 g/mol. The number of nitrogens with zero attached hydrogens (tertiary/aromatic N) is 5. The third-order valence-electron chi connectivity index (χ3n) is 4.26. The Balaban J connectivity index is 1.86. The Morgan fingerprint density at radius 3 is 2.76 bits per heavy atom. The van der Waals surface area contributed by atoms with Gasteiger partial charge in [-0.1, -0.05) is 0 Å². The van der Waals surface area contributed by atoms with Gasteiger partial charge in [0.05, 0.1) is 17.8 Å². The number of fused-ring (bicyclic) bond motifs is 3. The Morgan fingerprint density at radius 2 is 2.12 bits per heavy atom. The van der Waals surface area contributed by atoms with E-state index in [0.717, 1.165) is 0 Å². The van der Waals surface area contributed by atoms with Crippen LogP contribution in [0.25, 0.3) is 0 Å². The van der Waals surface area contributed by atoms with Crippen LogP contribution in [0.1, 0.15) is 26.3 Å². The molecule has 25 heavy (non-hydrogen) atoms. The van der Waals surface area contributed by atoms with Gasteiger partial charge < -0.3 is 19.4 Å². The second-order valence-corrected chi connectivity index (χ2v) is 7.21. The molecule has 8 nitrogen and oxygen atoms in total. The maximum Gasteiger partial charge on any atom is 0.410 e. The summed E-state index contributed by atoms with van der Waals surface area (Å²) in [5.74, 6) is 0.535. The lowest BCUT2D eigenvalue weighted by Gasteiger charge is -2.46. The molecular formula is C17H21N5O3. The van der Waals surface area contributed by atoms with Gasteiger partial charge in [0, 0.05) is 26.3 Å². The molecule has 0 aromatic carbocycles. The number of carbonyl (C=O) groups excluding carboxylic acids is 2. The largest absolute Gasteiger partial charge is 0.444 e. The fraction of sp³-hybridized carbons (Fsp3) is 0.529. The van der Waals surface area contributed by atoms with Gasteiger partial charge in [-0.05, 0) is 26.8 Å². The number of ether oxygens (including phenoxy) is 1. The molecule has 1 fully saturated rings. The van der Waals surface area contributed by atoms with Gasteiger partial charge in [-0.3, -0.25) is 4.79 Å². The minimum atomic E-state index is -0.580. The van der Waals surface area contributed by atoms with Crippen LogP contribution in [0.5, 0.6) is 0 Å². The molecule has 2 aliphatic heterocycles. The number of anilines is 2. The van der Waals surface area contributed by atoms with Crippen molar-refractivity contribution in [3.8, 4) is 6.07 Å². The Hall–Kier alpha value is -2.82. The first-order chi connectivity index (χ1) is 11.7. The lowest BCUT2D eigenvalue weighted by molar-refractivity contribution is -0.120. The minimum Gasteiger partial charge on any atom is -0.444 e. The maximum absolute atomic E-state index is 12.8. The Morgan fingerprint density at radius 1 is 1.40 bits per heavy atom. The van der Waals surface area contributed by atoms with Gasteiger partial charge in [0.25, 0.3) is 5.91 Å². The average Bonchev–Trinajstić information content (AvgIpc) is 2.57. The van der Waals surface area contributed by atoms with Crippen molar-refractivity contribution < 1.29 is 14.3 Å². The standard InChI is InChI=1S/C17H21N5O3/c1-17(2,3)25-16(24)21-5-6-22-13(10-21)15(23)20(4)12-7-11(8-18)9-19-14(12)22/h7,9,13H,5-6,10H2,1-4H3/t13-/m0/s1. The molecule has 132 valence electrons. The Labute approximate surface area is 146 Å². The number of rotatable bonds is 0. The molecule has 8 heteroatoms. The summed E-state index contributed by atoms with van der Waals surface area (Å²) >= 11 is 0. The first-order valence-electron chi connectivity index (χ1n) is 8.13. The highest BCUT2D eigenvalue weighted by Gasteiger charge is 2.42. The molecule has 0 bridgehead atoms. The van der Waals surface area contributed by atoms with Crippen LogP contribution in [0.2, 0.25) is 0 Å². The highest BCUT2D eigenvalue weighted by Crippen LogP contribution is 2.35. The van der Waals surface area contributed by atoms with Crippen LogP contribution in [0, 0.1) is 11.3 Å². The summed E-state index contributed by atoms with van der Waals surface area (Å²) in [6, 6.07) is 3.20. The molecule has 0 radical (unpaired) electrons. The SMILES string of the molecule is CN1C(=O)[C@@H]2CN(C(=O)OC(C)(C)C)CCN2c2ncc(C#N)cc21. The monoisotopic (exact) mass is 343 g/mol. The quantitative estimate of drug-likeness (QED) is 0.706. The molecule has 2 aliphatic rings. The van der Waals surface area contributed by atoms with Crippen molar-refractivity contribution in [1.29, 1.82) is 5.26 Å². The highest BCUT2D eigenvalue weighted by atomic mass is 16.6. The first kappa shape index (κ1) is 17.0. The third-order valence-corrected chi connectivity index (χ3v) is 4.26. The highest BCUT2D eigenvalue weighted by molar-refractivity contribution is 6.05. The smallest absolute Gasteiger partial charge is 0.410 e. The number of hydrogen-bond acceptors (Lipinski definition) is 6. The van der Waals surface area contributed by atoms with Gasteiger partial charge in [0.15, 0.2) is 5.82 Å². The lowest BCUT2D eigenvalue weighted by atomic mass is 10.1. The maximum atomic E-state index is 12.8. The van der Waals surface area contributed by atoms with Crippen LogP contribution < -0.4 is 9.80 Å². The van der Waals surface area contributed by atoms with Crippen LogP contribution in [0.3, 0.4) is 0 Å². The van der Waals surface area contributed by atoms with Crippen LogP contribution in [-0.4, -0.2) is 60.2 Å². The molecule has 1 saturated heterocycles.